The molecular formula is C15H11N3O4S. The number of nitro benzene ring substituents is 1. The van der Waals surface area contributed by atoms with Crippen LogP contribution in [0.25, 0.3) is 11.5 Å². The van der Waals surface area contributed by atoms with Crippen molar-refractivity contribution in [3.8, 4) is 17.2 Å². The van der Waals surface area contributed by atoms with Gasteiger partial charge in [-0.15, -0.1) is 22.0 Å². The van der Waals surface area contributed by atoms with Crippen LogP contribution in [0.5, 0.6) is 5.75 Å². The standard InChI is InChI=1S/C15H11N3O4S/c19-12-5-7-13(8-6-12)23-9-14-16-17-15(22-14)10-1-3-11(4-2-10)18(20)21/h1-8,19H,9H2. The molecule has 0 saturated heterocycles. The third-order valence-electron chi connectivity index (χ3n) is 2.99. The molecule has 0 amide bonds. The van der Waals surface area contributed by atoms with Crippen LogP contribution >= 0.6 is 11.8 Å². The lowest BCUT2D eigenvalue weighted by Gasteiger charge is -1.98. The van der Waals surface area contributed by atoms with Crippen LogP contribution in [-0.4, -0.2) is 20.2 Å². The van der Waals surface area contributed by atoms with Crippen molar-refractivity contribution in [1.29, 1.82) is 0 Å². The summed E-state index contributed by atoms with van der Waals surface area (Å²) in [5.41, 5.74) is 0.639. The molecule has 3 rings (SSSR count). The topological polar surface area (TPSA) is 102 Å². The number of phenols is 1. The maximum absolute atomic E-state index is 10.6. The summed E-state index contributed by atoms with van der Waals surface area (Å²) in [6.07, 6.45) is 0. The molecule has 0 unspecified atom stereocenters. The summed E-state index contributed by atoms with van der Waals surface area (Å²) in [4.78, 5) is 11.1. The molecule has 1 aromatic heterocycles. The second-order valence-corrected chi connectivity index (χ2v) is 5.64. The summed E-state index contributed by atoms with van der Waals surface area (Å²) in [6.45, 7) is 0. The van der Waals surface area contributed by atoms with E-state index < -0.39 is 4.92 Å². The minimum atomic E-state index is -0.461. The zero-order chi connectivity index (χ0) is 16.2. The van der Waals surface area contributed by atoms with E-state index in [2.05, 4.69) is 10.2 Å². The fourth-order valence-electron chi connectivity index (χ4n) is 1.84. The molecule has 0 atom stereocenters. The molecular weight excluding hydrogens is 318 g/mol. The van der Waals surface area contributed by atoms with Crippen molar-refractivity contribution < 1.29 is 14.4 Å². The van der Waals surface area contributed by atoms with Crippen molar-refractivity contribution in [2.24, 2.45) is 0 Å². The van der Waals surface area contributed by atoms with Gasteiger partial charge in [-0.2, -0.15) is 0 Å². The van der Waals surface area contributed by atoms with E-state index in [1.54, 1.807) is 36.4 Å². The second kappa shape index (κ2) is 6.49. The Balaban J connectivity index is 1.67. The highest BCUT2D eigenvalue weighted by Gasteiger charge is 2.11. The van der Waals surface area contributed by atoms with E-state index >= 15 is 0 Å². The minimum Gasteiger partial charge on any atom is -0.508 e. The lowest BCUT2D eigenvalue weighted by molar-refractivity contribution is -0.384. The minimum absolute atomic E-state index is 0.0105. The number of phenolic OH excluding ortho intramolecular Hbond substituents is 1. The Labute approximate surface area is 135 Å². The van der Waals surface area contributed by atoms with E-state index in [1.165, 1.54) is 23.9 Å². The first-order valence-corrected chi connectivity index (χ1v) is 7.59. The number of non-ortho nitro benzene ring substituents is 1. The zero-order valence-electron chi connectivity index (χ0n) is 11.7. The summed E-state index contributed by atoms with van der Waals surface area (Å²) >= 11 is 1.50. The first-order valence-electron chi connectivity index (χ1n) is 6.61. The van der Waals surface area contributed by atoms with Crippen molar-refractivity contribution in [2.75, 3.05) is 0 Å². The number of hydrogen-bond donors (Lipinski definition) is 1. The largest absolute Gasteiger partial charge is 0.508 e. The third kappa shape index (κ3) is 3.67. The van der Waals surface area contributed by atoms with Crippen LogP contribution in [0.1, 0.15) is 5.89 Å². The fourth-order valence-corrected chi connectivity index (χ4v) is 2.58. The van der Waals surface area contributed by atoms with Crippen LogP contribution in [-0.2, 0) is 5.75 Å². The van der Waals surface area contributed by atoms with Gasteiger partial charge in [0.25, 0.3) is 5.69 Å². The Morgan fingerprint density at radius 2 is 1.78 bits per heavy atom. The number of thioether (sulfide) groups is 1. The molecule has 8 heteroatoms. The molecule has 1 heterocycles. The Morgan fingerprint density at radius 1 is 1.09 bits per heavy atom. The van der Waals surface area contributed by atoms with Gasteiger partial charge in [0, 0.05) is 22.6 Å². The highest BCUT2D eigenvalue weighted by atomic mass is 32.2. The maximum atomic E-state index is 10.6. The van der Waals surface area contributed by atoms with Gasteiger partial charge in [0.2, 0.25) is 11.8 Å². The van der Waals surface area contributed by atoms with Gasteiger partial charge in [-0.05, 0) is 36.4 Å². The Kier molecular flexibility index (Phi) is 4.24. The molecule has 2 aromatic carbocycles. The van der Waals surface area contributed by atoms with Crippen molar-refractivity contribution >= 4 is 17.4 Å². The van der Waals surface area contributed by atoms with Crippen LogP contribution in [0, 0.1) is 10.1 Å². The van der Waals surface area contributed by atoms with Crippen molar-refractivity contribution in [2.45, 2.75) is 10.6 Å². The Bertz CT molecular complexity index is 815. The number of rotatable bonds is 5. The molecule has 0 aliphatic rings. The van der Waals surface area contributed by atoms with Gasteiger partial charge in [-0.1, -0.05) is 0 Å². The second-order valence-electron chi connectivity index (χ2n) is 4.59. The van der Waals surface area contributed by atoms with Crippen LogP contribution in [0.15, 0.2) is 57.8 Å². The lowest BCUT2D eigenvalue weighted by Crippen LogP contribution is -1.87. The van der Waals surface area contributed by atoms with Crippen molar-refractivity contribution in [3.63, 3.8) is 0 Å². The lowest BCUT2D eigenvalue weighted by atomic mass is 10.2. The van der Waals surface area contributed by atoms with E-state index in [0.717, 1.165) is 4.90 Å². The SMILES string of the molecule is O=[N+]([O-])c1ccc(-c2nnc(CSc3ccc(O)cc3)o2)cc1. The van der Waals surface area contributed by atoms with Gasteiger partial charge in [-0.25, -0.2) is 0 Å². The molecule has 116 valence electrons. The number of benzene rings is 2. The quantitative estimate of drug-likeness (QED) is 0.433. The third-order valence-corrected chi connectivity index (χ3v) is 3.99. The molecule has 0 aliphatic carbocycles. The molecule has 0 bridgehead atoms. The molecule has 0 spiro atoms. The predicted molar refractivity (Wildman–Crippen MR) is 84.1 cm³/mol. The van der Waals surface area contributed by atoms with E-state index in [1.807, 2.05) is 0 Å². The molecule has 23 heavy (non-hydrogen) atoms. The predicted octanol–water partition coefficient (Wildman–Crippen LogP) is 3.64. The summed E-state index contributed by atoms with van der Waals surface area (Å²) in [7, 11) is 0. The van der Waals surface area contributed by atoms with Crippen LogP contribution in [0.4, 0.5) is 5.69 Å². The zero-order valence-corrected chi connectivity index (χ0v) is 12.6. The van der Waals surface area contributed by atoms with Gasteiger partial charge < -0.3 is 9.52 Å². The van der Waals surface area contributed by atoms with E-state index in [0.29, 0.717) is 23.1 Å². The summed E-state index contributed by atoms with van der Waals surface area (Å²) in [5.74, 6) is 1.48. The number of nitrogens with zero attached hydrogens (tertiary/aromatic N) is 3. The van der Waals surface area contributed by atoms with Gasteiger partial charge in [-0.3, -0.25) is 10.1 Å². The van der Waals surface area contributed by atoms with E-state index in [4.69, 9.17) is 4.42 Å². The van der Waals surface area contributed by atoms with Gasteiger partial charge in [0.05, 0.1) is 10.7 Å². The fraction of sp³-hybridized carbons (Fsp3) is 0.0667. The maximum Gasteiger partial charge on any atom is 0.269 e. The first-order chi connectivity index (χ1) is 11.1. The smallest absolute Gasteiger partial charge is 0.269 e. The highest BCUT2D eigenvalue weighted by Crippen LogP contribution is 2.26. The summed E-state index contributed by atoms with van der Waals surface area (Å²) in [6, 6.07) is 12.7. The molecule has 0 fully saturated rings. The monoisotopic (exact) mass is 329 g/mol. The first kappa shape index (κ1) is 15.0. The van der Waals surface area contributed by atoms with Crippen LogP contribution in [0.3, 0.4) is 0 Å². The summed E-state index contributed by atoms with van der Waals surface area (Å²) < 4.78 is 5.55. The van der Waals surface area contributed by atoms with Crippen molar-refractivity contribution in [1.82, 2.24) is 10.2 Å². The van der Waals surface area contributed by atoms with Crippen LogP contribution in [0.2, 0.25) is 0 Å². The molecule has 0 aliphatic heterocycles. The van der Waals surface area contributed by atoms with Gasteiger partial charge in [0.15, 0.2) is 0 Å². The average Bonchev–Trinajstić information content (AvgIpc) is 3.03. The van der Waals surface area contributed by atoms with Gasteiger partial charge >= 0.3 is 0 Å². The summed E-state index contributed by atoms with van der Waals surface area (Å²) in [5, 5.41) is 27.8. The van der Waals surface area contributed by atoms with Crippen LogP contribution < -0.4 is 0 Å². The number of hydrogen-bond acceptors (Lipinski definition) is 7. The van der Waals surface area contributed by atoms with Gasteiger partial charge in [0.1, 0.15) is 5.75 Å². The van der Waals surface area contributed by atoms with E-state index in [-0.39, 0.29) is 11.4 Å². The number of aromatic nitrogens is 2. The molecule has 3 aromatic rings. The highest BCUT2D eigenvalue weighted by molar-refractivity contribution is 7.98. The molecule has 0 saturated carbocycles. The average molecular weight is 329 g/mol. The molecule has 1 N–H and O–H groups in total. The number of nitro groups is 1. The van der Waals surface area contributed by atoms with E-state index in [9.17, 15) is 15.2 Å². The molecule has 0 radical (unpaired) electrons. The number of aromatic hydroxyl groups is 1. The van der Waals surface area contributed by atoms with Crippen molar-refractivity contribution in [3.05, 3.63) is 64.5 Å². The Hall–Kier alpha value is -2.87. The molecule has 7 nitrogen and oxygen atoms in total. The Morgan fingerprint density at radius 3 is 2.43 bits per heavy atom. The normalized spacial score (nSPS) is 10.6.